The molecule has 0 unspecified atom stereocenters. The van der Waals surface area contributed by atoms with Crippen molar-refractivity contribution in [2.75, 3.05) is 24.5 Å². The number of halogens is 2. The normalized spacial score (nSPS) is 12.6. The number of para-hydroxylation sites is 8. The maximum Gasteiger partial charge on any atom is 0.252 e. The molecule has 0 spiro atoms. The molecule has 17 aromatic rings. The molecule has 0 radical (unpaired) electrons. The van der Waals surface area contributed by atoms with Crippen LogP contribution in [-0.4, -0.2) is 13.4 Å². The first kappa shape index (κ1) is 66.3. The maximum atomic E-state index is 18.9. The number of fused-ring (bicyclic) bond motifs is 8. The monoisotopic (exact) mass is 1450 g/mol. The van der Waals surface area contributed by atoms with Gasteiger partial charge in [-0.25, -0.2) is 8.78 Å². The maximum absolute atomic E-state index is 18.9. The minimum Gasteiger partial charge on any atom is -0.311 e. The van der Waals surface area contributed by atoms with Crippen molar-refractivity contribution >= 4 is 143 Å². The van der Waals surface area contributed by atoms with Gasteiger partial charge in [0.2, 0.25) is 6.71 Å². The Kier molecular flexibility index (Phi) is 16.4. The number of hydrogen-bond acceptors (Lipinski definition) is 6. The van der Waals surface area contributed by atoms with E-state index in [4.69, 9.17) is 0 Å². The van der Waals surface area contributed by atoms with E-state index in [-0.39, 0.29) is 12.4 Å². The summed E-state index contributed by atoms with van der Waals surface area (Å²) >= 11 is 1.77. The number of hydrogen-bond donors (Lipinski definition) is 0. The van der Waals surface area contributed by atoms with Crippen molar-refractivity contribution in [2.45, 2.75) is 9.79 Å². The summed E-state index contributed by atoms with van der Waals surface area (Å²) in [5.74, 6) is -1.36. The number of anilines is 15. The van der Waals surface area contributed by atoms with Gasteiger partial charge in [0.1, 0.15) is 5.82 Å². The lowest BCUT2D eigenvalue weighted by atomic mass is 9.31. The van der Waals surface area contributed by atoms with E-state index in [1.165, 1.54) is 11.5 Å². The van der Waals surface area contributed by atoms with Crippen LogP contribution in [0.4, 0.5) is 94.1 Å². The van der Waals surface area contributed by atoms with Crippen LogP contribution in [0.2, 0.25) is 0 Å². The number of nitrogens with zero attached hydrogens (tertiary/aromatic N) is 5. The van der Waals surface area contributed by atoms with Gasteiger partial charge in [0.05, 0.1) is 22.7 Å². The molecule has 4 aliphatic rings. The van der Waals surface area contributed by atoms with E-state index < -0.39 is 18.3 Å². The lowest BCUT2D eigenvalue weighted by Crippen LogP contribution is -2.64. The Morgan fingerprint density at radius 1 is 0.241 bits per heavy atom. The largest absolute Gasteiger partial charge is 0.311 e. The Morgan fingerprint density at radius 2 is 0.625 bits per heavy atom. The highest BCUT2D eigenvalue weighted by Gasteiger charge is 2.49. The third-order valence-electron chi connectivity index (χ3n) is 22.5. The summed E-state index contributed by atoms with van der Waals surface area (Å²) in [6.07, 6.45) is 0. The molecule has 21 rings (SSSR count). The van der Waals surface area contributed by atoms with E-state index in [9.17, 15) is 0 Å². The molecule has 0 saturated carbocycles. The quantitative estimate of drug-likeness (QED) is 0.100. The van der Waals surface area contributed by atoms with Crippen LogP contribution in [-0.2, 0) is 0 Å². The fourth-order valence-corrected chi connectivity index (χ4v) is 19.1. The highest BCUT2D eigenvalue weighted by molar-refractivity contribution is 8.00. The molecular formula is C102H67B2F2N5S. The van der Waals surface area contributed by atoms with Crippen LogP contribution in [0.3, 0.4) is 0 Å². The molecule has 5 nitrogen and oxygen atoms in total. The second-order valence-corrected chi connectivity index (χ2v) is 29.9. The van der Waals surface area contributed by atoms with Crippen molar-refractivity contribution in [3.63, 3.8) is 0 Å². The molecule has 17 aromatic carbocycles. The summed E-state index contributed by atoms with van der Waals surface area (Å²) in [5.41, 5.74) is 29.9. The molecule has 0 N–H and O–H groups in total. The Hall–Kier alpha value is -13.9. The van der Waals surface area contributed by atoms with Gasteiger partial charge < -0.3 is 24.5 Å². The van der Waals surface area contributed by atoms with E-state index in [0.29, 0.717) is 11.1 Å². The standard InChI is InChI=1S/C102H67B2F2N5S/c105-73-60-84(72-42-18-5-19-43-72)102(89(106)61-73)111-92-67-96-88(66-87(92)103-85-56-28-30-58-90(85)109(77-50-26-9-27-51-77)93-62-78(63-94(111)98(93)103)107(74-44-20-6-21-45-74)75-46-22-7-23-47-75)104-86-57-29-31-59-91(86)110(101-82(70-38-14-3-15-39-70)54-33-55-83(101)71-40-16-4-17-41-71)95-64-79(65-97(112-96)99(95)104)108(76-48-24-8-25-49-76)100-80(68-34-10-1-11-35-68)52-32-53-81(100)69-36-12-2-13-37-69/h1-67H. The van der Waals surface area contributed by atoms with Crippen molar-refractivity contribution in [1.82, 2.24) is 0 Å². The fourth-order valence-electron chi connectivity index (χ4n) is 17.9. The zero-order valence-electron chi connectivity index (χ0n) is 60.7. The van der Waals surface area contributed by atoms with Gasteiger partial charge in [0.15, 0.2) is 5.82 Å². The zero-order chi connectivity index (χ0) is 74.3. The summed E-state index contributed by atoms with van der Waals surface area (Å²) < 4.78 is 35.7. The summed E-state index contributed by atoms with van der Waals surface area (Å²) in [5, 5.41) is 0. The topological polar surface area (TPSA) is 16.2 Å². The number of rotatable bonds is 14. The van der Waals surface area contributed by atoms with Gasteiger partial charge in [-0.05, 0) is 152 Å². The molecule has 526 valence electrons. The average Bonchev–Trinajstić information content (AvgIpc) is 0.675. The van der Waals surface area contributed by atoms with Gasteiger partial charge in [-0.15, -0.1) is 0 Å². The Balaban J connectivity index is 0.890. The second kappa shape index (κ2) is 27.6. The SMILES string of the molecule is Fc1cc(F)c(N2c3cc4c(cc3B3c5ccccc5N(c5ccccc5)c5cc(N(c6ccccc6)c6ccccc6)cc2c53)B2c3ccccc3N(c3c(-c5ccccc5)cccc3-c3ccccc3)c3cc(N(c5ccccc5)c5c(-c6ccccc6)cccc5-c5ccccc5)cc(c32)S4)c(-c2ccccc2)c1. The van der Waals surface area contributed by atoms with Crippen molar-refractivity contribution in [3.8, 4) is 55.6 Å². The molecule has 4 aliphatic heterocycles. The molecule has 0 atom stereocenters. The van der Waals surface area contributed by atoms with Gasteiger partial charge in [-0.1, -0.05) is 321 Å². The van der Waals surface area contributed by atoms with Crippen LogP contribution in [0.1, 0.15) is 0 Å². The minimum absolute atomic E-state index is 0.239. The van der Waals surface area contributed by atoms with Crippen molar-refractivity contribution in [1.29, 1.82) is 0 Å². The Morgan fingerprint density at radius 3 is 1.13 bits per heavy atom. The summed E-state index contributed by atoms with van der Waals surface area (Å²) in [6.45, 7) is -0.752. The Bertz CT molecular complexity index is 6320. The molecule has 0 bridgehead atoms. The predicted molar refractivity (Wildman–Crippen MR) is 467 cm³/mol. The third kappa shape index (κ3) is 11.1. The van der Waals surface area contributed by atoms with E-state index in [0.717, 1.165) is 167 Å². The first-order valence-electron chi connectivity index (χ1n) is 38.1. The van der Waals surface area contributed by atoms with E-state index in [1.807, 2.05) is 42.5 Å². The Labute approximate surface area is 655 Å². The van der Waals surface area contributed by atoms with Crippen LogP contribution >= 0.6 is 11.8 Å². The third-order valence-corrected chi connectivity index (χ3v) is 23.6. The first-order chi connectivity index (χ1) is 55.5. The van der Waals surface area contributed by atoms with Crippen LogP contribution in [0.15, 0.2) is 416 Å². The van der Waals surface area contributed by atoms with E-state index in [1.54, 1.807) is 11.8 Å². The minimum atomic E-state index is -0.690. The molecular weight excluding hydrogens is 1390 g/mol. The van der Waals surface area contributed by atoms with Gasteiger partial charge in [0, 0.05) is 106 Å². The molecule has 0 fully saturated rings. The van der Waals surface area contributed by atoms with Crippen LogP contribution in [0, 0.1) is 11.6 Å². The molecule has 0 aromatic heterocycles. The van der Waals surface area contributed by atoms with Crippen molar-refractivity contribution in [2.24, 2.45) is 0 Å². The first-order valence-corrected chi connectivity index (χ1v) is 38.9. The van der Waals surface area contributed by atoms with Crippen LogP contribution in [0.5, 0.6) is 0 Å². The average molecular weight is 1450 g/mol. The highest BCUT2D eigenvalue weighted by atomic mass is 32.2. The molecule has 4 heterocycles. The molecule has 0 aliphatic carbocycles. The summed E-state index contributed by atoms with van der Waals surface area (Å²) in [6, 6.07) is 144. The lowest BCUT2D eigenvalue weighted by molar-refractivity contribution is 0.585. The lowest BCUT2D eigenvalue weighted by Gasteiger charge is -2.46. The molecule has 0 amide bonds. The zero-order valence-corrected chi connectivity index (χ0v) is 61.6. The molecule has 0 saturated heterocycles. The van der Waals surface area contributed by atoms with Gasteiger partial charge in [0.25, 0.3) is 6.71 Å². The molecule has 112 heavy (non-hydrogen) atoms. The highest BCUT2D eigenvalue weighted by Crippen LogP contribution is 2.56. The summed E-state index contributed by atoms with van der Waals surface area (Å²) in [7, 11) is 0. The second-order valence-electron chi connectivity index (χ2n) is 28.8. The fraction of sp³-hybridized carbons (Fsp3) is 0. The van der Waals surface area contributed by atoms with Crippen LogP contribution in [0.25, 0.3) is 55.6 Å². The van der Waals surface area contributed by atoms with E-state index >= 15 is 8.78 Å². The number of benzene rings is 17. The van der Waals surface area contributed by atoms with Crippen molar-refractivity contribution < 1.29 is 8.78 Å². The van der Waals surface area contributed by atoms with Gasteiger partial charge in [-0.3, -0.25) is 0 Å². The smallest absolute Gasteiger partial charge is 0.252 e. The predicted octanol–water partition coefficient (Wildman–Crippen LogP) is 24.1. The van der Waals surface area contributed by atoms with Crippen molar-refractivity contribution in [3.05, 3.63) is 418 Å². The summed E-state index contributed by atoms with van der Waals surface area (Å²) in [4.78, 5) is 14.0. The van der Waals surface area contributed by atoms with Gasteiger partial charge >= 0.3 is 0 Å². The van der Waals surface area contributed by atoms with Gasteiger partial charge in [-0.2, -0.15) is 0 Å². The van der Waals surface area contributed by atoms with E-state index in [2.05, 4.69) is 376 Å². The molecule has 10 heteroatoms. The van der Waals surface area contributed by atoms with Crippen LogP contribution < -0.4 is 57.3 Å².